The van der Waals surface area contributed by atoms with Gasteiger partial charge in [-0.2, -0.15) is 5.10 Å². The largest absolute Gasteiger partial charge is 0.495 e. The Morgan fingerprint density at radius 3 is 2.81 bits per heavy atom. The van der Waals surface area contributed by atoms with Crippen molar-refractivity contribution in [2.45, 2.75) is 6.54 Å². The number of rotatable bonds is 4. The molecule has 7 nitrogen and oxygen atoms in total. The van der Waals surface area contributed by atoms with Crippen molar-refractivity contribution in [2.24, 2.45) is 7.05 Å². The average molecular weight is 350 g/mol. The number of nitrogens with zero attached hydrogens (tertiary/aromatic N) is 2. The van der Waals surface area contributed by atoms with Crippen molar-refractivity contribution in [3.05, 3.63) is 54.4 Å². The van der Waals surface area contributed by atoms with E-state index in [0.29, 0.717) is 23.6 Å². The number of para-hydroxylation sites is 1. The number of fused-ring (bicyclic) bond motifs is 3. The predicted octanol–water partition coefficient (Wildman–Crippen LogP) is 3.65. The quantitative estimate of drug-likeness (QED) is 0.589. The number of anilines is 1. The smallest absolute Gasteiger partial charge is 0.319 e. The van der Waals surface area contributed by atoms with Crippen molar-refractivity contribution in [1.82, 2.24) is 15.1 Å². The number of hydrogen-bond acceptors (Lipinski definition) is 4. The molecule has 0 radical (unpaired) electrons. The topological polar surface area (TPSA) is 81.3 Å². The molecule has 4 rings (SSSR count). The van der Waals surface area contributed by atoms with E-state index >= 15 is 0 Å². The zero-order valence-corrected chi connectivity index (χ0v) is 14.4. The zero-order chi connectivity index (χ0) is 18.1. The molecule has 0 atom stereocenters. The SMILES string of the molecule is COc1cc2c(cc1NC(=O)NCc1ccnn1C)oc1ccccc12. The molecule has 0 saturated carbocycles. The van der Waals surface area contributed by atoms with Crippen molar-refractivity contribution in [2.75, 3.05) is 12.4 Å². The number of furan rings is 1. The number of methoxy groups -OCH3 is 1. The van der Waals surface area contributed by atoms with Crippen LogP contribution in [0.3, 0.4) is 0 Å². The normalized spacial score (nSPS) is 11.0. The second-order valence-corrected chi connectivity index (χ2v) is 5.90. The van der Waals surface area contributed by atoms with Gasteiger partial charge in [-0.25, -0.2) is 4.79 Å². The maximum Gasteiger partial charge on any atom is 0.319 e. The fraction of sp³-hybridized carbons (Fsp3) is 0.158. The highest BCUT2D eigenvalue weighted by Gasteiger charge is 2.14. The Kier molecular flexibility index (Phi) is 3.96. The lowest BCUT2D eigenvalue weighted by Gasteiger charge is -2.11. The number of urea groups is 1. The fourth-order valence-electron chi connectivity index (χ4n) is 2.93. The number of amides is 2. The minimum Gasteiger partial charge on any atom is -0.495 e. The first-order valence-corrected chi connectivity index (χ1v) is 8.16. The monoisotopic (exact) mass is 350 g/mol. The van der Waals surface area contributed by atoms with Crippen molar-refractivity contribution in [3.8, 4) is 5.75 Å². The van der Waals surface area contributed by atoms with Crippen LogP contribution in [0.4, 0.5) is 10.5 Å². The Hall–Kier alpha value is -3.48. The van der Waals surface area contributed by atoms with E-state index in [4.69, 9.17) is 9.15 Å². The van der Waals surface area contributed by atoms with Crippen LogP contribution in [-0.4, -0.2) is 22.9 Å². The Morgan fingerprint density at radius 2 is 2.04 bits per heavy atom. The molecule has 2 heterocycles. The summed E-state index contributed by atoms with van der Waals surface area (Å²) >= 11 is 0. The van der Waals surface area contributed by atoms with Crippen molar-refractivity contribution in [3.63, 3.8) is 0 Å². The van der Waals surface area contributed by atoms with Gasteiger partial charge in [-0.15, -0.1) is 0 Å². The van der Waals surface area contributed by atoms with Crippen molar-refractivity contribution >= 4 is 33.7 Å². The van der Waals surface area contributed by atoms with E-state index in [0.717, 1.165) is 22.0 Å². The van der Waals surface area contributed by atoms with Crippen LogP contribution >= 0.6 is 0 Å². The van der Waals surface area contributed by atoms with Gasteiger partial charge in [0, 0.05) is 30.1 Å². The molecule has 26 heavy (non-hydrogen) atoms. The highest BCUT2D eigenvalue weighted by atomic mass is 16.5. The molecule has 7 heteroatoms. The Labute approximate surface area is 149 Å². The maximum atomic E-state index is 12.3. The summed E-state index contributed by atoms with van der Waals surface area (Å²) in [6, 6.07) is 13.0. The van der Waals surface area contributed by atoms with Gasteiger partial charge < -0.3 is 19.8 Å². The molecule has 0 aliphatic heterocycles. The van der Waals surface area contributed by atoms with E-state index in [-0.39, 0.29) is 6.03 Å². The van der Waals surface area contributed by atoms with Gasteiger partial charge in [-0.05, 0) is 18.2 Å². The lowest BCUT2D eigenvalue weighted by molar-refractivity contribution is 0.251. The molecule has 2 amide bonds. The predicted molar refractivity (Wildman–Crippen MR) is 99.3 cm³/mol. The number of carbonyl (C=O) groups is 1. The van der Waals surface area contributed by atoms with Gasteiger partial charge in [0.05, 0.1) is 25.0 Å². The number of benzene rings is 2. The average Bonchev–Trinajstić information content (AvgIpc) is 3.21. The summed E-state index contributed by atoms with van der Waals surface area (Å²) in [5, 5.41) is 11.6. The lowest BCUT2D eigenvalue weighted by Crippen LogP contribution is -2.29. The number of carbonyl (C=O) groups excluding carboxylic acids is 1. The molecule has 0 aliphatic carbocycles. The van der Waals surface area contributed by atoms with Gasteiger partial charge in [0.25, 0.3) is 0 Å². The molecule has 4 aromatic rings. The van der Waals surface area contributed by atoms with Crippen LogP contribution < -0.4 is 15.4 Å². The first kappa shape index (κ1) is 16.0. The Morgan fingerprint density at radius 1 is 1.19 bits per heavy atom. The van der Waals surface area contributed by atoms with Gasteiger partial charge >= 0.3 is 6.03 Å². The molecule has 132 valence electrons. The first-order chi connectivity index (χ1) is 12.7. The van der Waals surface area contributed by atoms with E-state index in [1.807, 2.05) is 43.4 Å². The van der Waals surface area contributed by atoms with Gasteiger partial charge in [-0.3, -0.25) is 4.68 Å². The fourth-order valence-corrected chi connectivity index (χ4v) is 2.93. The second-order valence-electron chi connectivity index (χ2n) is 5.90. The van der Waals surface area contributed by atoms with E-state index in [1.165, 1.54) is 0 Å². The minimum atomic E-state index is -0.333. The van der Waals surface area contributed by atoms with E-state index < -0.39 is 0 Å². The number of aromatic nitrogens is 2. The summed E-state index contributed by atoms with van der Waals surface area (Å²) in [7, 11) is 3.40. The molecule has 0 unspecified atom stereocenters. The van der Waals surface area contributed by atoms with Gasteiger partial charge in [0.2, 0.25) is 0 Å². The molecule has 2 N–H and O–H groups in total. The summed E-state index contributed by atoms with van der Waals surface area (Å²) < 4.78 is 13.0. The van der Waals surface area contributed by atoms with E-state index in [2.05, 4.69) is 15.7 Å². The highest BCUT2D eigenvalue weighted by Crippen LogP contribution is 2.36. The molecular formula is C19H18N4O3. The first-order valence-electron chi connectivity index (χ1n) is 8.16. The lowest BCUT2D eigenvalue weighted by atomic mass is 10.1. The Bertz CT molecular complexity index is 1100. The van der Waals surface area contributed by atoms with Crippen LogP contribution in [0.25, 0.3) is 21.9 Å². The third kappa shape index (κ3) is 2.83. The molecule has 0 aliphatic rings. The number of nitrogens with one attached hydrogen (secondary N) is 2. The highest BCUT2D eigenvalue weighted by molar-refractivity contribution is 6.07. The third-order valence-corrected chi connectivity index (χ3v) is 4.30. The van der Waals surface area contributed by atoms with E-state index in [9.17, 15) is 4.79 Å². The zero-order valence-electron chi connectivity index (χ0n) is 14.4. The number of ether oxygens (including phenoxy) is 1. The molecule has 0 fully saturated rings. The number of aryl methyl sites for hydroxylation is 1. The summed E-state index contributed by atoms with van der Waals surface area (Å²) in [5.74, 6) is 0.569. The molecule has 0 saturated heterocycles. The van der Waals surface area contributed by atoms with Crippen LogP contribution in [0.1, 0.15) is 5.69 Å². The summed E-state index contributed by atoms with van der Waals surface area (Å²) in [6.07, 6.45) is 1.69. The molecular weight excluding hydrogens is 332 g/mol. The molecule has 0 spiro atoms. The van der Waals surface area contributed by atoms with Crippen LogP contribution in [-0.2, 0) is 13.6 Å². The van der Waals surface area contributed by atoms with E-state index in [1.54, 1.807) is 24.1 Å². The van der Waals surface area contributed by atoms with Gasteiger partial charge in [0.15, 0.2) is 0 Å². The number of hydrogen-bond donors (Lipinski definition) is 2. The summed E-state index contributed by atoms with van der Waals surface area (Å²) in [4.78, 5) is 12.3. The Balaban J connectivity index is 1.59. The van der Waals surface area contributed by atoms with Crippen LogP contribution in [0, 0.1) is 0 Å². The van der Waals surface area contributed by atoms with Crippen LogP contribution in [0.5, 0.6) is 5.75 Å². The molecule has 0 bridgehead atoms. The van der Waals surface area contributed by atoms with Gasteiger partial charge in [0.1, 0.15) is 16.9 Å². The van der Waals surface area contributed by atoms with Crippen LogP contribution in [0.15, 0.2) is 53.1 Å². The molecule has 2 aromatic heterocycles. The third-order valence-electron chi connectivity index (χ3n) is 4.30. The standard InChI is InChI=1S/C19H18N4O3/c1-23-12(7-8-21-23)11-20-19(24)22-15-10-17-14(9-18(15)25-2)13-5-3-4-6-16(13)26-17/h3-10H,11H2,1-2H3,(H2,20,22,24). The summed E-state index contributed by atoms with van der Waals surface area (Å²) in [6.45, 7) is 0.373. The second kappa shape index (κ2) is 6.44. The van der Waals surface area contributed by atoms with Crippen LogP contribution in [0.2, 0.25) is 0 Å². The van der Waals surface area contributed by atoms with Gasteiger partial charge in [-0.1, -0.05) is 18.2 Å². The molecule has 2 aromatic carbocycles. The maximum absolute atomic E-state index is 12.3. The van der Waals surface area contributed by atoms with Crippen molar-refractivity contribution < 1.29 is 13.9 Å². The minimum absolute atomic E-state index is 0.333. The summed E-state index contributed by atoms with van der Waals surface area (Å²) in [5.41, 5.74) is 2.93. The van der Waals surface area contributed by atoms with Crippen molar-refractivity contribution in [1.29, 1.82) is 0 Å².